The highest BCUT2D eigenvalue weighted by atomic mass is 19.4. The van der Waals surface area contributed by atoms with Crippen LogP contribution in [-0.2, 0) is 0 Å². The van der Waals surface area contributed by atoms with Crippen LogP contribution in [0.3, 0.4) is 0 Å². The molecule has 3 atom stereocenters. The second-order valence-electron chi connectivity index (χ2n) is 6.88. The van der Waals surface area contributed by atoms with E-state index in [1.165, 1.54) is 24.3 Å². The normalized spacial score (nSPS) is 21.9. The molecule has 0 heterocycles. The number of rotatable bonds is 7. The van der Waals surface area contributed by atoms with E-state index in [0.29, 0.717) is 31.1 Å². The number of alkyl halides is 3. The zero-order chi connectivity index (χ0) is 20.6. The predicted octanol–water partition coefficient (Wildman–Crippen LogP) is 3.24. The molecule has 9 heteroatoms. The number of halogens is 4. The molecule has 0 spiro atoms. The van der Waals surface area contributed by atoms with E-state index in [0.717, 1.165) is 0 Å². The second kappa shape index (κ2) is 10.5. The summed E-state index contributed by atoms with van der Waals surface area (Å²) in [6.07, 6.45) is -3.75. The molecule has 0 aromatic heterocycles. The fourth-order valence-corrected chi connectivity index (χ4v) is 3.10. The molecule has 0 radical (unpaired) electrons. The van der Waals surface area contributed by atoms with Gasteiger partial charge in [-0.25, -0.2) is 4.39 Å². The maximum atomic E-state index is 13.0. The van der Waals surface area contributed by atoms with Gasteiger partial charge in [-0.2, -0.15) is 13.2 Å². The number of guanidine groups is 1. The van der Waals surface area contributed by atoms with Crippen molar-refractivity contribution >= 4 is 5.96 Å². The van der Waals surface area contributed by atoms with Crippen molar-refractivity contribution in [2.75, 3.05) is 19.7 Å². The van der Waals surface area contributed by atoms with Crippen LogP contribution in [0.15, 0.2) is 29.3 Å². The molecule has 0 aliphatic heterocycles. The highest BCUT2D eigenvalue weighted by Gasteiger charge is 2.42. The van der Waals surface area contributed by atoms with Crippen molar-refractivity contribution in [3.63, 3.8) is 0 Å². The Labute approximate surface area is 162 Å². The third-order valence-corrected chi connectivity index (χ3v) is 4.54. The van der Waals surface area contributed by atoms with E-state index in [2.05, 4.69) is 15.6 Å². The number of hydrogen-bond donors (Lipinski definition) is 3. The van der Waals surface area contributed by atoms with Crippen molar-refractivity contribution in [2.45, 2.75) is 50.9 Å². The summed E-state index contributed by atoms with van der Waals surface area (Å²) in [6, 6.07) is 5.11. The Morgan fingerprint density at radius 1 is 1.29 bits per heavy atom. The first-order valence-corrected chi connectivity index (χ1v) is 9.46. The molecule has 0 bridgehead atoms. The molecule has 1 aromatic carbocycles. The van der Waals surface area contributed by atoms with E-state index in [1.54, 1.807) is 0 Å². The van der Waals surface area contributed by atoms with Crippen LogP contribution in [0.25, 0.3) is 0 Å². The van der Waals surface area contributed by atoms with Crippen molar-refractivity contribution < 1.29 is 27.4 Å². The zero-order valence-electron chi connectivity index (χ0n) is 15.8. The number of nitrogens with zero attached hydrogens (tertiary/aromatic N) is 1. The number of aliphatic imine (C=N–C) groups is 1. The summed E-state index contributed by atoms with van der Waals surface area (Å²) in [4.78, 5) is 4.24. The van der Waals surface area contributed by atoms with Crippen LogP contribution in [0, 0.1) is 11.7 Å². The summed E-state index contributed by atoms with van der Waals surface area (Å²) >= 11 is 0. The monoisotopic (exact) mass is 405 g/mol. The molecular weight excluding hydrogens is 378 g/mol. The largest absolute Gasteiger partial charge is 0.491 e. The second-order valence-corrected chi connectivity index (χ2v) is 6.88. The standard InChI is InChI=1S/C19H27F4N3O2/c1-2-24-18(26-15-5-3-4-13(10-15)19(21,22)23)25-11-16(27)12-28-17-8-6-14(20)7-9-17/h6-9,13,15-16,27H,2-5,10-12H2,1H3,(H2,24,25,26). The summed E-state index contributed by atoms with van der Waals surface area (Å²) in [5.74, 6) is -0.878. The molecule has 2 rings (SSSR count). The van der Waals surface area contributed by atoms with Crippen molar-refractivity contribution in [3.05, 3.63) is 30.1 Å². The fraction of sp³-hybridized carbons (Fsp3) is 0.632. The topological polar surface area (TPSA) is 65.9 Å². The molecule has 0 saturated heterocycles. The highest BCUT2D eigenvalue weighted by molar-refractivity contribution is 5.80. The van der Waals surface area contributed by atoms with Gasteiger partial charge >= 0.3 is 6.18 Å². The molecular formula is C19H27F4N3O2. The first-order chi connectivity index (χ1) is 13.3. The Kier molecular flexibility index (Phi) is 8.35. The van der Waals surface area contributed by atoms with Gasteiger partial charge in [0, 0.05) is 12.6 Å². The third-order valence-electron chi connectivity index (χ3n) is 4.54. The van der Waals surface area contributed by atoms with Gasteiger partial charge in [-0.3, -0.25) is 4.99 Å². The Morgan fingerprint density at radius 3 is 2.64 bits per heavy atom. The Hall–Kier alpha value is -2.03. The van der Waals surface area contributed by atoms with Crippen molar-refractivity contribution in [1.29, 1.82) is 0 Å². The molecule has 1 saturated carbocycles. The van der Waals surface area contributed by atoms with Gasteiger partial charge in [0.1, 0.15) is 24.3 Å². The smallest absolute Gasteiger partial charge is 0.391 e. The number of aliphatic hydroxyl groups is 1. The van der Waals surface area contributed by atoms with E-state index < -0.39 is 18.2 Å². The van der Waals surface area contributed by atoms with Gasteiger partial charge in [0.15, 0.2) is 5.96 Å². The first-order valence-electron chi connectivity index (χ1n) is 9.46. The van der Waals surface area contributed by atoms with E-state index in [1.807, 2.05) is 6.92 Å². The fourth-order valence-electron chi connectivity index (χ4n) is 3.10. The van der Waals surface area contributed by atoms with E-state index in [9.17, 15) is 22.7 Å². The lowest BCUT2D eigenvalue weighted by molar-refractivity contribution is -0.183. The van der Waals surface area contributed by atoms with Crippen LogP contribution < -0.4 is 15.4 Å². The van der Waals surface area contributed by atoms with Crippen molar-refractivity contribution in [3.8, 4) is 5.75 Å². The number of aliphatic hydroxyl groups excluding tert-OH is 1. The van der Waals surface area contributed by atoms with Crippen LogP contribution in [0.1, 0.15) is 32.6 Å². The minimum atomic E-state index is -4.18. The van der Waals surface area contributed by atoms with E-state index in [4.69, 9.17) is 4.74 Å². The molecule has 1 aromatic rings. The lowest BCUT2D eigenvalue weighted by atomic mass is 9.85. The summed E-state index contributed by atoms with van der Waals surface area (Å²) < 4.78 is 57.1. The zero-order valence-corrected chi connectivity index (χ0v) is 15.8. The van der Waals surface area contributed by atoms with Gasteiger partial charge in [-0.1, -0.05) is 6.42 Å². The third kappa shape index (κ3) is 7.53. The van der Waals surface area contributed by atoms with E-state index in [-0.39, 0.29) is 37.9 Å². The molecule has 28 heavy (non-hydrogen) atoms. The summed E-state index contributed by atoms with van der Waals surface area (Å²) in [5, 5.41) is 16.0. The quantitative estimate of drug-likeness (QED) is 0.370. The molecule has 1 fully saturated rings. The van der Waals surface area contributed by atoms with Gasteiger partial charge < -0.3 is 20.5 Å². The van der Waals surface area contributed by atoms with Crippen LogP contribution in [-0.4, -0.2) is 49.1 Å². The van der Waals surface area contributed by atoms with Gasteiger partial charge in [0.25, 0.3) is 0 Å². The maximum absolute atomic E-state index is 13.0. The molecule has 5 nitrogen and oxygen atoms in total. The lowest BCUT2D eigenvalue weighted by Gasteiger charge is -2.32. The summed E-state index contributed by atoms with van der Waals surface area (Å²) in [5.41, 5.74) is 0. The first kappa shape index (κ1) is 22.3. The Balaban J connectivity index is 1.84. The Bertz CT molecular complexity index is 623. The van der Waals surface area contributed by atoms with Crippen LogP contribution >= 0.6 is 0 Å². The molecule has 3 N–H and O–H groups in total. The van der Waals surface area contributed by atoms with Crippen molar-refractivity contribution in [1.82, 2.24) is 10.6 Å². The number of benzene rings is 1. The highest BCUT2D eigenvalue weighted by Crippen LogP contribution is 2.37. The van der Waals surface area contributed by atoms with Gasteiger partial charge in [0.2, 0.25) is 0 Å². The molecule has 3 unspecified atom stereocenters. The average Bonchev–Trinajstić information content (AvgIpc) is 2.65. The molecule has 0 amide bonds. The molecule has 1 aliphatic rings. The van der Waals surface area contributed by atoms with Crippen molar-refractivity contribution in [2.24, 2.45) is 10.9 Å². The summed E-state index contributed by atoms with van der Waals surface area (Å²) in [7, 11) is 0. The van der Waals surface area contributed by atoms with Gasteiger partial charge in [0.05, 0.1) is 12.5 Å². The SMILES string of the molecule is CCNC(=NCC(O)COc1ccc(F)cc1)NC1CCCC(C(F)(F)F)C1. The van der Waals surface area contributed by atoms with Crippen LogP contribution in [0.5, 0.6) is 5.75 Å². The number of ether oxygens (including phenoxy) is 1. The minimum Gasteiger partial charge on any atom is -0.491 e. The van der Waals surface area contributed by atoms with Crippen LogP contribution in [0.4, 0.5) is 17.6 Å². The van der Waals surface area contributed by atoms with E-state index >= 15 is 0 Å². The molecule has 1 aliphatic carbocycles. The summed E-state index contributed by atoms with van der Waals surface area (Å²) in [6.45, 7) is 2.38. The maximum Gasteiger partial charge on any atom is 0.391 e. The predicted molar refractivity (Wildman–Crippen MR) is 98.8 cm³/mol. The number of nitrogens with one attached hydrogen (secondary N) is 2. The average molecular weight is 405 g/mol. The lowest BCUT2D eigenvalue weighted by Crippen LogP contribution is -2.47. The van der Waals surface area contributed by atoms with Gasteiger partial charge in [-0.15, -0.1) is 0 Å². The minimum absolute atomic E-state index is 0.0180. The number of hydrogen-bond acceptors (Lipinski definition) is 3. The Morgan fingerprint density at radius 2 is 2.00 bits per heavy atom. The molecule has 158 valence electrons. The van der Waals surface area contributed by atoms with Gasteiger partial charge in [-0.05, 0) is 50.5 Å². The van der Waals surface area contributed by atoms with Crippen LogP contribution in [0.2, 0.25) is 0 Å².